The van der Waals surface area contributed by atoms with Crippen LogP contribution in [0.5, 0.6) is 0 Å². The smallest absolute Gasteiger partial charge is 0.298 e. The van der Waals surface area contributed by atoms with Crippen molar-refractivity contribution in [3.05, 3.63) is 39.6 Å². The Kier molecular flexibility index (Phi) is 5.88. The van der Waals surface area contributed by atoms with Crippen LogP contribution < -0.4 is 0 Å². The van der Waals surface area contributed by atoms with Gasteiger partial charge in [-0.15, -0.1) is 18.2 Å². The van der Waals surface area contributed by atoms with Gasteiger partial charge in [0.05, 0.1) is 22.2 Å². The third-order valence-corrected chi connectivity index (χ3v) is 6.19. The van der Waals surface area contributed by atoms with Gasteiger partial charge in [-0.2, -0.15) is 13.2 Å². The van der Waals surface area contributed by atoms with E-state index < -0.39 is 34.3 Å². The Balaban J connectivity index is 2.73. The van der Waals surface area contributed by atoms with Crippen molar-refractivity contribution in [1.82, 2.24) is 4.98 Å². The van der Waals surface area contributed by atoms with E-state index in [1.165, 1.54) is 20.8 Å². The minimum absolute atomic E-state index is 0.124. The van der Waals surface area contributed by atoms with Crippen molar-refractivity contribution < 1.29 is 27.6 Å². The SMILES string of the molecule is C#CCSC1=C(C(=O)c2ccc(C(F)(F)F)nc2C)C(=O)C(C)(C)C(=O)C1(C)C. The zero-order chi connectivity index (χ0) is 22.4. The number of aromatic nitrogens is 1. The van der Waals surface area contributed by atoms with Crippen molar-refractivity contribution in [3.8, 4) is 12.3 Å². The van der Waals surface area contributed by atoms with Crippen molar-refractivity contribution in [1.29, 1.82) is 0 Å². The molecule has 0 spiro atoms. The lowest BCUT2D eigenvalue weighted by molar-refractivity contribution is -0.143. The average molecular weight is 423 g/mol. The number of thioether (sulfide) groups is 1. The summed E-state index contributed by atoms with van der Waals surface area (Å²) < 4.78 is 38.7. The highest BCUT2D eigenvalue weighted by molar-refractivity contribution is 8.03. The fourth-order valence-corrected chi connectivity index (χ4v) is 4.39. The van der Waals surface area contributed by atoms with E-state index in [0.717, 1.165) is 17.8 Å². The highest BCUT2D eigenvalue weighted by Crippen LogP contribution is 2.49. The molecule has 1 aromatic rings. The number of carbonyl (C=O) groups is 3. The molecule has 1 aromatic heterocycles. The van der Waals surface area contributed by atoms with E-state index in [0.29, 0.717) is 6.07 Å². The molecule has 0 radical (unpaired) electrons. The molecule has 0 N–H and O–H groups in total. The Bertz CT molecular complexity index is 982. The quantitative estimate of drug-likeness (QED) is 0.311. The number of pyridine rings is 1. The van der Waals surface area contributed by atoms with Crippen LogP contribution in [0.4, 0.5) is 13.2 Å². The summed E-state index contributed by atoms with van der Waals surface area (Å²) in [7, 11) is 0. The van der Waals surface area contributed by atoms with Crippen LogP contribution in [0, 0.1) is 30.1 Å². The van der Waals surface area contributed by atoms with E-state index in [-0.39, 0.29) is 33.3 Å². The minimum Gasteiger partial charge on any atom is -0.298 e. The number of halogens is 3. The molecular weight excluding hydrogens is 403 g/mol. The first-order chi connectivity index (χ1) is 13.2. The molecule has 0 aliphatic heterocycles. The molecule has 2 rings (SSSR count). The van der Waals surface area contributed by atoms with E-state index in [9.17, 15) is 27.6 Å². The Labute approximate surface area is 171 Å². The first-order valence-electron chi connectivity index (χ1n) is 8.67. The van der Waals surface area contributed by atoms with Crippen molar-refractivity contribution >= 4 is 29.1 Å². The molecule has 29 heavy (non-hydrogen) atoms. The number of allylic oxidation sites excluding steroid dienone is 2. The molecule has 1 heterocycles. The summed E-state index contributed by atoms with van der Waals surface area (Å²) in [5.41, 5.74) is -4.24. The predicted octanol–water partition coefficient (Wildman–Crippen LogP) is 4.42. The van der Waals surface area contributed by atoms with Gasteiger partial charge in [0.25, 0.3) is 0 Å². The standard InChI is InChI=1S/C21H20F3NO3S/c1-7-10-29-17-14(16(27)19(3,4)18(28)20(17,5)6)15(26)12-8-9-13(21(22,23)24)25-11(12)2/h1,8-9H,10H2,2-6H3. The molecule has 154 valence electrons. The van der Waals surface area contributed by atoms with Crippen molar-refractivity contribution in [2.45, 2.75) is 40.8 Å². The van der Waals surface area contributed by atoms with E-state index in [2.05, 4.69) is 10.9 Å². The van der Waals surface area contributed by atoms with Gasteiger partial charge < -0.3 is 0 Å². The normalized spacial score (nSPS) is 18.6. The van der Waals surface area contributed by atoms with Crippen LogP contribution in [-0.4, -0.2) is 28.1 Å². The Morgan fingerprint density at radius 2 is 1.76 bits per heavy atom. The van der Waals surface area contributed by atoms with Crippen LogP contribution >= 0.6 is 11.8 Å². The molecule has 0 saturated carbocycles. The second-order valence-electron chi connectivity index (χ2n) is 7.76. The third-order valence-electron chi connectivity index (χ3n) is 4.87. The largest absolute Gasteiger partial charge is 0.433 e. The maximum atomic E-state index is 13.3. The number of rotatable bonds is 4. The van der Waals surface area contributed by atoms with Crippen LogP contribution in [0.15, 0.2) is 22.6 Å². The van der Waals surface area contributed by atoms with Crippen molar-refractivity contribution in [2.75, 3.05) is 5.75 Å². The molecule has 0 aromatic carbocycles. The molecule has 8 heteroatoms. The minimum atomic E-state index is -4.66. The molecule has 0 bridgehead atoms. The van der Waals surface area contributed by atoms with E-state index in [4.69, 9.17) is 6.42 Å². The van der Waals surface area contributed by atoms with Gasteiger partial charge >= 0.3 is 6.18 Å². The van der Waals surface area contributed by atoms with Crippen LogP contribution in [0.1, 0.15) is 49.4 Å². The third kappa shape index (κ3) is 3.88. The number of hydrogen-bond acceptors (Lipinski definition) is 5. The van der Waals surface area contributed by atoms with Crippen molar-refractivity contribution in [2.24, 2.45) is 10.8 Å². The van der Waals surface area contributed by atoms with Crippen LogP contribution in [0.25, 0.3) is 0 Å². The maximum Gasteiger partial charge on any atom is 0.433 e. The monoisotopic (exact) mass is 423 g/mol. The van der Waals surface area contributed by atoms with E-state index in [1.807, 2.05) is 0 Å². The van der Waals surface area contributed by atoms with Crippen molar-refractivity contribution in [3.63, 3.8) is 0 Å². The zero-order valence-corrected chi connectivity index (χ0v) is 17.5. The number of carbonyl (C=O) groups excluding carboxylic acids is 3. The lowest BCUT2D eigenvalue weighted by Gasteiger charge is -2.40. The van der Waals surface area contributed by atoms with Crippen LogP contribution in [-0.2, 0) is 15.8 Å². The number of terminal acetylenes is 1. The second kappa shape index (κ2) is 7.45. The van der Waals surface area contributed by atoms with Gasteiger partial charge in [-0.25, -0.2) is 4.98 Å². The summed E-state index contributed by atoms with van der Waals surface area (Å²) >= 11 is 1.04. The van der Waals surface area contributed by atoms with Crippen LogP contribution in [0.3, 0.4) is 0 Å². The molecule has 1 aliphatic rings. The fourth-order valence-electron chi connectivity index (χ4n) is 3.38. The highest BCUT2D eigenvalue weighted by atomic mass is 32.2. The van der Waals surface area contributed by atoms with Crippen LogP contribution in [0.2, 0.25) is 0 Å². The summed E-state index contributed by atoms with van der Waals surface area (Å²) in [6.45, 7) is 7.35. The number of ketones is 3. The summed E-state index contributed by atoms with van der Waals surface area (Å²) in [4.78, 5) is 43.0. The first-order valence-corrected chi connectivity index (χ1v) is 9.66. The van der Waals surface area contributed by atoms with Gasteiger partial charge in [-0.3, -0.25) is 14.4 Å². The van der Waals surface area contributed by atoms with Gasteiger partial charge in [-0.05, 0) is 46.8 Å². The number of hydrogen-bond donors (Lipinski definition) is 0. The number of aryl methyl sites for hydroxylation is 1. The number of alkyl halides is 3. The van der Waals surface area contributed by atoms with Gasteiger partial charge in [-0.1, -0.05) is 5.92 Å². The molecular formula is C21H20F3NO3S. The molecule has 0 saturated heterocycles. The summed E-state index contributed by atoms with van der Waals surface area (Å²) in [6, 6.07) is 1.71. The lowest BCUT2D eigenvalue weighted by atomic mass is 9.63. The molecule has 1 aliphatic carbocycles. The Morgan fingerprint density at radius 3 is 2.24 bits per heavy atom. The fraction of sp³-hybridized carbons (Fsp3) is 0.429. The molecule has 0 unspecified atom stereocenters. The number of nitrogens with zero attached hydrogens (tertiary/aromatic N) is 1. The van der Waals surface area contributed by atoms with Gasteiger partial charge in [0.1, 0.15) is 5.69 Å². The summed E-state index contributed by atoms with van der Waals surface area (Å²) in [5.74, 6) is 0.730. The Hall–Kier alpha value is -2.40. The molecule has 0 fully saturated rings. The highest BCUT2D eigenvalue weighted by Gasteiger charge is 2.54. The molecule has 0 amide bonds. The topological polar surface area (TPSA) is 64.1 Å². The lowest BCUT2D eigenvalue weighted by Crippen LogP contribution is -2.49. The molecule has 4 nitrogen and oxygen atoms in total. The molecule has 0 atom stereocenters. The Morgan fingerprint density at radius 1 is 1.17 bits per heavy atom. The zero-order valence-electron chi connectivity index (χ0n) is 16.7. The number of Topliss-reactive ketones (excluding diaryl/α,β-unsaturated/α-hetero) is 3. The van der Waals surface area contributed by atoms with E-state index in [1.54, 1.807) is 13.8 Å². The summed E-state index contributed by atoms with van der Waals surface area (Å²) in [6.07, 6.45) is 0.650. The summed E-state index contributed by atoms with van der Waals surface area (Å²) in [5, 5.41) is 0. The van der Waals surface area contributed by atoms with Gasteiger partial charge in [0.2, 0.25) is 0 Å². The van der Waals surface area contributed by atoms with Gasteiger partial charge in [0, 0.05) is 16.2 Å². The van der Waals surface area contributed by atoms with Gasteiger partial charge in [0.15, 0.2) is 17.3 Å². The van der Waals surface area contributed by atoms with E-state index >= 15 is 0 Å². The maximum absolute atomic E-state index is 13.3. The average Bonchev–Trinajstić information content (AvgIpc) is 2.61. The second-order valence-corrected chi connectivity index (χ2v) is 8.75. The first kappa shape index (κ1) is 22.9. The predicted molar refractivity (Wildman–Crippen MR) is 104 cm³/mol.